The molecule has 0 unspecified atom stereocenters. The highest BCUT2D eigenvalue weighted by Gasteiger charge is 2.71. The molecule has 1 N–H and O–H groups in total. The summed E-state index contributed by atoms with van der Waals surface area (Å²) in [6.07, 6.45) is 4.18. The van der Waals surface area contributed by atoms with Gasteiger partial charge in [0, 0.05) is 6.04 Å². The lowest BCUT2D eigenvalue weighted by Gasteiger charge is -2.31. The van der Waals surface area contributed by atoms with E-state index < -0.39 is 16.9 Å². The van der Waals surface area contributed by atoms with Crippen molar-refractivity contribution in [2.45, 2.75) is 58.9 Å². The zero-order valence-corrected chi connectivity index (χ0v) is 14.3. The monoisotopic (exact) mass is 311 g/mol. The van der Waals surface area contributed by atoms with Gasteiger partial charge in [0.1, 0.15) is 0 Å². The molecule has 1 aliphatic carbocycles. The Bertz CT molecular complexity index is 540. The molecule has 3 atom stereocenters. The molecule has 0 aromatic heterocycles. The number of nitrogens with zero attached hydrogens (tertiary/aromatic N) is 4. The first-order chi connectivity index (χ1) is 11.1. The number of hydrogen-bond donors (Lipinski definition) is 1. The normalized spacial score (nSPS) is 27.3. The maximum absolute atomic E-state index is 9.83. The van der Waals surface area contributed by atoms with Gasteiger partial charge in [-0.05, 0) is 31.2 Å². The van der Waals surface area contributed by atoms with Crippen LogP contribution in [0.15, 0.2) is 0 Å². The second-order valence-corrected chi connectivity index (χ2v) is 6.32. The van der Waals surface area contributed by atoms with Crippen LogP contribution in [-0.4, -0.2) is 12.6 Å². The van der Waals surface area contributed by atoms with E-state index in [1.807, 2.05) is 13.8 Å². The van der Waals surface area contributed by atoms with Gasteiger partial charge in [0.15, 0.2) is 10.8 Å². The number of nitriles is 4. The van der Waals surface area contributed by atoms with Crippen LogP contribution in [0.3, 0.4) is 0 Å². The van der Waals surface area contributed by atoms with E-state index in [-0.39, 0.29) is 11.8 Å². The molecule has 0 heterocycles. The van der Waals surface area contributed by atoms with Crippen molar-refractivity contribution in [2.75, 3.05) is 6.54 Å². The van der Waals surface area contributed by atoms with Crippen LogP contribution in [0.25, 0.3) is 0 Å². The van der Waals surface area contributed by atoms with Crippen LogP contribution >= 0.6 is 0 Å². The lowest BCUT2D eigenvalue weighted by molar-refractivity contribution is 0.238. The molecule has 0 aliphatic heterocycles. The Kier molecular flexibility index (Phi) is 6.57. The summed E-state index contributed by atoms with van der Waals surface area (Å²) in [5, 5.41) is 42.6. The molecule has 0 bridgehead atoms. The molecule has 5 nitrogen and oxygen atoms in total. The standard InChI is InChI=1S/C18H25N5/c1-4-7-9-23-16-14(6-3)15(8-5-2)17(10-19,11-20)18(16,12-21)13-22/h14-16,23H,4-9H2,1-3H3/t14-,15+,16+/m1/s1. The van der Waals surface area contributed by atoms with Crippen molar-refractivity contribution >= 4 is 0 Å². The summed E-state index contributed by atoms with van der Waals surface area (Å²) < 4.78 is 0. The SMILES string of the molecule is CCCCN[C@H]1[C@H](CC)[C@H](CCC)C(C#N)(C#N)C1(C#N)C#N. The molecule has 0 aromatic carbocycles. The Labute approximate surface area is 139 Å². The molecule has 0 aromatic rings. The van der Waals surface area contributed by atoms with Gasteiger partial charge < -0.3 is 5.32 Å². The van der Waals surface area contributed by atoms with Crippen LogP contribution < -0.4 is 5.32 Å². The molecule has 1 fully saturated rings. The third-order valence-corrected chi connectivity index (χ3v) is 5.26. The number of rotatable bonds is 7. The van der Waals surface area contributed by atoms with E-state index in [9.17, 15) is 21.0 Å². The fourth-order valence-electron chi connectivity index (χ4n) is 4.12. The summed E-state index contributed by atoms with van der Waals surface area (Å²) in [5.74, 6) is -0.281. The molecule has 1 aliphatic rings. The average Bonchev–Trinajstić information content (AvgIpc) is 2.81. The highest BCUT2D eigenvalue weighted by molar-refractivity contribution is 5.43. The maximum Gasteiger partial charge on any atom is 0.190 e. The van der Waals surface area contributed by atoms with Gasteiger partial charge in [-0.1, -0.05) is 40.0 Å². The summed E-state index contributed by atoms with van der Waals surface area (Å²) in [7, 11) is 0. The molecule has 0 radical (unpaired) electrons. The third kappa shape index (κ3) is 2.67. The van der Waals surface area contributed by atoms with Gasteiger partial charge in [-0.2, -0.15) is 21.0 Å². The number of nitrogens with one attached hydrogen (secondary N) is 1. The van der Waals surface area contributed by atoms with Crippen LogP contribution in [0.4, 0.5) is 0 Å². The van der Waals surface area contributed by atoms with Crippen LogP contribution in [0, 0.1) is 68.0 Å². The predicted molar refractivity (Wildman–Crippen MR) is 86.2 cm³/mol. The Hall–Kier alpha value is -2.08. The fraction of sp³-hybridized carbons (Fsp3) is 0.778. The van der Waals surface area contributed by atoms with E-state index in [2.05, 4.69) is 36.5 Å². The summed E-state index contributed by atoms with van der Waals surface area (Å²) in [5.41, 5.74) is -3.19. The van der Waals surface area contributed by atoms with Crippen molar-refractivity contribution in [1.82, 2.24) is 5.32 Å². The summed E-state index contributed by atoms with van der Waals surface area (Å²) >= 11 is 0. The molecular weight excluding hydrogens is 286 g/mol. The lowest BCUT2D eigenvalue weighted by atomic mass is 9.63. The molecule has 122 valence electrons. The summed E-state index contributed by atoms with van der Waals surface area (Å²) in [4.78, 5) is 0. The van der Waals surface area contributed by atoms with Gasteiger partial charge in [-0.15, -0.1) is 0 Å². The number of hydrogen-bond acceptors (Lipinski definition) is 5. The van der Waals surface area contributed by atoms with Crippen molar-refractivity contribution in [3.8, 4) is 24.3 Å². The van der Waals surface area contributed by atoms with Crippen LogP contribution in [0.1, 0.15) is 52.9 Å². The van der Waals surface area contributed by atoms with Crippen molar-refractivity contribution in [3.63, 3.8) is 0 Å². The molecule has 5 heteroatoms. The Morgan fingerprint density at radius 2 is 1.43 bits per heavy atom. The van der Waals surface area contributed by atoms with Gasteiger partial charge in [0.05, 0.1) is 24.3 Å². The quantitative estimate of drug-likeness (QED) is 0.726. The first kappa shape index (κ1) is 19.0. The van der Waals surface area contributed by atoms with E-state index in [4.69, 9.17) is 0 Å². The van der Waals surface area contributed by atoms with E-state index in [0.29, 0.717) is 13.0 Å². The predicted octanol–water partition coefficient (Wildman–Crippen LogP) is 3.27. The van der Waals surface area contributed by atoms with Crippen LogP contribution in [-0.2, 0) is 0 Å². The highest BCUT2D eigenvalue weighted by Crippen LogP contribution is 2.60. The first-order valence-corrected chi connectivity index (χ1v) is 8.47. The lowest BCUT2D eigenvalue weighted by Crippen LogP contribution is -2.49. The van der Waals surface area contributed by atoms with Crippen LogP contribution in [0.5, 0.6) is 0 Å². The highest BCUT2D eigenvalue weighted by atomic mass is 15.0. The Morgan fingerprint density at radius 3 is 1.83 bits per heavy atom. The van der Waals surface area contributed by atoms with Crippen molar-refractivity contribution in [3.05, 3.63) is 0 Å². The van der Waals surface area contributed by atoms with Crippen molar-refractivity contribution in [2.24, 2.45) is 22.7 Å². The molecule has 23 heavy (non-hydrogen) atoms. The Balaban J connectivity index is 3.49. The smallest absolute Gasteiger partial charge is 0.190 e. The molecule has 1 rings (SSSR count). The average molecular weight is 311 g/mol. The Morgan fingerprint density at radius 1 is 0.870 bits per heavy atom. The van der Waals surface area contributed by atoms with Gasteiger partial charge in [0.2, 0.25) is 0 Å². The zero-order valence-electron chi connectivity index (χ0n) is 14.3. The minimum Gasteiger partial charge on any atom is -0.311 e. The van der Waals surface area contributed by atoms with E-state index in [1.54, 1.807) is 0 Å². The molecule has 1 saturated carbocycles. The minimum absolute atomic E-state index is 0.0228. The molecular formula is C18H25N5. The topological polar surface area (TPSA) is 107 Å². The fourth-order valence-corrected chi connectivity index (χ4v) is 4.12. The van der Waals surface area contributed by atoms with Crippen LogP contribution in [0.2, 0.25) is 0 Å². The van der Waals surface area contributed by atoms with Gasteiger partial charge >= 0.3 is 0 Å². The molecule has 0 spiro atoms. The second kappa shape index (κ2) is 7.97. The largest absolute Gasteiger partial charge is 0.311 e. The molecule has 0 saturated heterocycles. The number of unbranched alkanes of at least 4 members (excludes halogenated alkanes) is 1. The minimum atomic E-state index is -1.62. The molecule has 0 amide bonds. The maximum atomic E-state index is 9.83. The summed E-state index contributed by atoms with van der Waals surface area (Å²) in [6, 6.07) is 7.91. The zero-order chi connectivity index (χ0) is 17.5. The first-order valence-electron chi connectivity index (χ1n) is 8.47. The van der Waals surface area contributed by atoms with Gasteiger partial charge in [-0.25, -0.2) is 0 Å². The van der Waals surface area contributed by atoms with Crippen molar-refractivity contribution < 1.29 is 0 Å². The summed E-state index contributed by atoms with van der Waals surface area (Å²) in [6.45, 7) is 6.77. The second-order valence-electron chi connectivity index (χ2n) is 6.32. The van der Waals surface area contributed by atoms with E-state index >= 15 is 0 Å². The van der Waals surface area contributed by atoms with Gasteiger partial charge in [0.25, 0.3) is 0 Å². The van der Waals surface area contributed by atoms with Gasteiger partial charge in [-0.3, -0.25) is 0 Å². The van der Waals surface area contributed by atoms with Crippen molar-refractivity contribution in [1.29, 1.82) is 21.0 Å². The third-order valence-electron chi connectivity index (χ3n) is 5.26. The van der Waals surface area contributed by atoms with E-state index in [1.165, 1.54) is 0 Å². The van der Waals surface area contributed by atoms with E-state index in [0.717, 1.165) is 25.7 Å².